The lowest BCUT2D eigenvalue weighted by molar-refractivity contribution is -0.153. The molecule has 0 unspecified atom stereocenters. The van der Waals surface area contributed by atoms with Gasteiger partial charge in [-0.25, -0.2) is 4.79 Å². The smallest absolute Gasteiger partial charge is 0.408 e. The highest BCUT2D eigenvalue weighted by atomic mass is 19.4. The fraction of sp³-hybridized carbons (Fsp3) is 0.867. The van der Waals surface area contributed by atoms with Crippen molar-refractivity contribution in [3.63, 3.8) is 0 Å². The van der Waals surface area contributed by atoms with Crippen molar-refractivity contribution in [2.24, 2.45) is 5.92 Å². The van der Waals surface area contributed by atoms with E-state index < -0.39 is 24.2 Å². The molecule has 6 nitrogen and oxygen atoms in total. The molecule has 9 heteroatoms. The Hall–Kier alpha value is -1.51. The first-order chi connectivity index (χ1) is 11.2. The summed E-state index contributed by atoms with van der Waals surface area (Å²) in [7, 11) is 0. The van der Waals surface area contributed by atoms with Gasteiger partial charge >= 0.3 is 18.2 Å². The van der Waals surface area contributed by atoms with Gasteiger partial charge in [-0.2, -0.15) is 13.2 Å². The summed E-state index contributed by atoms with van der Waals surface area (Å²) < 4.78 is 37.9. The van der Waals surface area contributed by atoms with Crippen molar-refractivity contribution in [3.05, 3.63) is 0 Å². The van der Waals surface area contributed by atoms with Gasteiger partial charge in [0.25, 0.3) is 0 Å². The van der Waals surface area contributed by atoms with Gasteiger partial charge < -0.3 is 15.7 Å². The number of nitrogens with zero attached hydrogens (tertiary/aromatic N) is 1. The Kier molecular flexibility index (Phi) is 5.95. The largest absolute Gasteiger partial charge is 0.480 e. The highest BCUT2D eigenvalue weighted by Crippen LogP contribution is 2.33. The van der Waals surface area contributed by atoms with Crippen LogP contribution in [0.4, 0.5) is 18.0 Å². The van der Waals surface area contributed by atoms with Gasteiger partial charge in [0.05, 0.1) is 6.54 Å². The van der Waals surface area contributed by atoms with Gasteiger partial charge in [-0.1, -0.05) is 6.92 Å². The average molecular weight is 351 g/mol. The predicted octanol–water partition coefficient (Wildman–Crippen LogP) is 1.95. The molecular formula is C15H24F3N3O3. The molecule has 2 aliphatic rings. The first-order valence-corrected chi connectivity index (χ1v) is 8.28. The first-order valence-electron chi connectivity index (χ1n) is 8.28. The molecule has 24 heavy (non-hydrogen) atoms. The van der Waals surface area contributed by atoms with Crippen LogP contribution in [0.25, 0.3) is 0 Å². The Balaban J connectivity index is 1.74. The number of urea groups is 1. The molecule has 0 heterocycles. The normalized spacial score (nSPS) is 25.0. The molecule has 2 aliphatic carbocycles. The van der Waals surface area contributed by atoms with Crippen molar-refractivity contribution in [1.29, 1.82) is 0 Å². The van der Waals surface area contributed by atoms with Gasteiger partial charge in [-0.15, -0.1) is 0 Å². The number of aliphatic carboxylic acids is 1. The molecule has 0 radical (unpaired) electrons. The summed E-state index contributed by atoms with van der Waals surface area (Å²) in [5, 5.41) is 13.4. The number of carboxylic acids is 1. The number of hydrogen-bond donors (Lipinski definition) is 3. The van der Waals surface area contributed by atoms with Gasteiger partial charge in [0.1, 0.15) is 6.04 Å². The molecule has 0 aromatic carbocycles. The fourth-order valence-corrected chi connectivity index (χ4v) is 2.95. The van der Waals surface area contributed by atoms with E-state index in [1.165, 1.54) is 6.92 Å². The number of hydrogen-bond acceptors (Lipinski definition) is 3. The Morgan fingerprint density at radius 1 is 1.29 bits per heavy atom. The maximum Gasteiger partial charge on any atom is 0.408 e. The highest BCUT2D eigenvalue weighted by molar-refractivity contribution is 5.74. The monoisotopic (exact) mass is 351 g/mol. The van der Waals surface area contributed by atoms with Crippen LogP contribution in [-0.4, -0.2) is 59.4 Å². The summed E-state index contributed by atoms with van der Waals surface area (Å²) in [4.78, 5) is 24.5. The quantitative estimate of drug-likeness (QED) is 0.624. The van der Waals surface area contributed by atoms with Crippen LogP contribution in [0.15, 0.2) is 0 Å². The maximum absolute atomic E-state index is 12.6. The summed E-state index contributed by atoms with van der Waals surface area (Å²) in [5.74, 6) is -0.336. The van der Waals surface area contributed by atoms with E-state index in [9.17, 15) is 22.8 Å². The Labute approximate surface area is 138 Å². The van der Waals surface area contributed by atoms with Gasteiger partial charge in [0.2, 0.25) is 0 Å². The van der Waals surface area contributed by atoms with Crippen molar-refractivity contribution in [1.82, 2.24) is 15.5 Å². The lowest BCUT2D eigenvalue weighted by Gasteiger charge is -2.42. The number of alkyl halides is 3. The van der Waals surface area contributed by atoms with Crippen LogP contribution in [0.1, 0.15) is 39.0 Å². The van der Waals surface area contributed by atoms with Crippen molar-refractivity contribution in [2.45, 2.75) is 63.3 Å². The van der Waals surface area contributed by atoms with Crippen LogP contribution in [-0.2, 0) is 4.79 Å². The molecule has 138 valence electrons. The summed E-state index contributed by atoms with van der Waals surface area (Å²) in [6.07, 6.45) is -1.33. The second kappa shape index (κ2) is 7.58. The third kappa shape index (κ3) is 5.54. The van der Waals surface area contributed by atoms with E-state index in [0.717, 1.165) is 19.4 Å². The lowest BCUT2D eigenvalue weighted by Crippen LogP contribution is -2.58. The van der Waals surface area contributed by atoms with Crippen LogP contribution in [0.5, 0.6) is 0 Å². The van der Waals surface area contributed by atoms with E-state index >= 15 is 0 Å². The van der Waals surface area contributed by atoms with Gasteiger partial charge in [-0.3, -0.25) is 9.69 Å². The zero-order valence-corrected chi connectivity index (χ0v) is 13.6. The lowest BCUT2D eigenvalue weighted by atomic mass is 9.85. The molecule has 0 aliphatic heterocycles. The number of amides is 2. The van der Waals surface area contributed by atoms with Crippen molar-refractivity contribution in [3.8, 4) is 0 Å². The maximum atomic E-state index is 12.6. The van der Waals surface area contributed by atoms with Crippen molar-refractivity contribution < 1.29 is 27.9 Å². The predicted molar refractivity (Wildman–Crippen MR) is 80.5 cm³/mol. The molecule has 2 amide bonds. The number of carbonyl (C=O) groups is 2. The standard InChI is InChI=1S/C15H24F3N3O3/c1-2-12(15(16,17)18)20-14(24)19-10-5-11(6-10)21(8-13(22)23)7-9-3-4-9/h9-12H,2-8H2,1H3,(H,22,23)(H2,19,20,24)/t10?,11?,12-/m0/s1. The number of halogens is 3. The molecule has 2 saturated carbocycles. The Morgan fingerprint density at radius 3 is 2.38 bits per heavy atom. The van der Waals surface area contributed by atoms with E-state index in [0.29, 0.717) is 18.8 Å². The average Bonchev–Trinajstić information content (AvgIpc) is 3.21. The molecule has 0 bridgehead atoms. The first kappa shape index (κ1) is 18.8. The van der Waals surface area contributed by atoms with Crippen LogP contribution in [0.2, 0.25) is 0 Å². The summed E-state index contributed by atoms with van der Waals surface area (Å²) in [6, 6.07) is -2.82. The number of nitrogens with one attached hydrogen (secondary N) is 2. The zero-order chi connectivity index (χ0) is 17.9. The fourth-order valence-electron chi connectivity index (χ4n) is 2.95. The number of rotatable bonds is 8. The molecule has 0 spiro atoms. The van der Waals surface area contributed by atoms with Crippen LogP contribution in [0, 0.1) is 5.92 Å². The van der Waals surface area contributed by atoms with Gasteiger partial charge in [0, 0.05) is 18.6 Å². The van der Waals surface area contributed by atoms with Crippen LogP contribution < -0.4 is 10.6 Å². The van der Waals surface area contributed by atoms with Crippen LogP contribution >= 0.6 is 0 Å². The van der Waals surface area contributed by atoms with Crippen molar-refractivity contribution in [2.75, 3.05) is 13.1 Å². The van der Waals surface area contributed by atoms with Gasteiger partial charge in [0.15, 0.2) is 0 Å². The van der Waals surface area contributed by atoms with E-state index in [-0.39, 0.29) is 25.0 Å². The van der Waals surface area contributed by atoms with E-state index in [1.807, 2.05) is 10.2 Å². The zero-order valence-electron chi connectivity index (χ0n) is 13.6. The van der Waals surface area contributed by atoms with E-state index in [1.54, 1.807) is 0 Å². The summed E-state index contributed by atoms with van der Waals surface area (Å²) in [6.45, 7) is 2.06. The molecule has 0 aromatic rings. The minimum atomic E-state index is -4.46. The second-order valence-corrected chi connectivity index (χ2v) is 6.71. The third-order valence-electron chi connectivity index (χ3n) is 4.60. The number of carbonyl (C=O) groups excluding carboxylic acids is 1. The van der Waals surface area contributed by atoms with Crippen LogP contribution in [0.3, 0.4) is 0 Å². The Morgan fingerprint density at radius 2 is 1.92 bits per heavy atom. The number of carboxylic acid groups (broad SMARTS) is 1. The molecule has 3 N–H and O–H groups in total. The molecule has 0 aromatic heterocycles. The van der Waals surface area contributed by atoms with E-state index in [2.05, 4.69) is 5.32 Å². The molecule has 2 fully saturated rings. The second-order valence-electron chi connectivity index (χ2n) is 6.71. The third-order valence-corrected chi connectivity index (χ3v) is 4.60. The molecular weight excluding hydrogens is 327 g/mol. The summed E-state index contributed by atoms with van der Waals surface area (Å²) >= 11 is 0. The highest BCUT2D eigenvalue weighted by Gasteiger charge is 2.41. The topological polar surface area (TPSA) is 81.7 Å². The minimum absolute atomic E-state index is 0.0356. The molecule has 1 atom stereocenters. The molecule has 0 saturated heterocycles. The minimum Gasteiger partial charge on any atom is -0.480 e. The molecule has 2 rings (SSSR count). The summed E-state index contributed by atoms with van der Waals surface area (Å²) in [5.41, 5.74) is 0. The van der Waals surface area contributed by atoms with E-state index in [4.69, 9.17) is 5.11 Å². The Bertz CT molecular complexity index is 463. The van der Waals surface area contributed by atoms with Gasteiger partial charge in [-0.05, 0) is 38.0 Å². The van der Waals surface area contributed by atoms with Crippen molar-refractivity contribution >= 4 is 12.0 Å². The SMILES string of the molecule is CC[C@H](NC(=O)NC1CC(N(CC(=O)O)CC2CC2)C1)C(F)(F)F.